The van der Waals surface area contributed by atoms with Gasteiger partial charge in [-0.25, -0.2) is 9.18 Å². The quantitative estimate of drug-likeness (QED) is 0.183. The third-order valence-corrected chi connectivity index (χ3v) is 6.82. The predicted molar refractivity (Wildman–Crippen MR) is 138 cm³/mol. The first kappa shape index (κ1) is 23.8. The van der Waals surface area contributed by atoms with Gasteiger partial charge >= 0.3 is 5.97 Å². The molecule has 2 heterocycles. The molecule has 5 aromatic rings. The monoisotopic (exact) mass is 519 g/mol. The van der Waals surface area contributed by atoms with Crippen LogP contribution < -0.4 is 0 Å². The molecule has 5 rings (SSSR count). The molecule has 6 nitrogen and oxygen atoms in total. The maximum atomic E-state index is 13.4. The number of carboxylic acids is 1. The number of benzene rings is 3. The molecular formula is C27H19ClFN3O3S. The minimum absolute atomic E-state index is 0.0362. The SMILES string of the molecule is Cc1c(/C=C(\Sc2nnc(-c3ccc(Cl)cc3)o2)C(=O)O)c2ccccc2n1Cc1ccc(F)cc1. The summed E-state index contributed by atoms with van der Waals surface area (Å²) in [6.07, 6.45) is 1.62. The lowest BCUT2D eigenvalue weighted by atomic mass is 10.1. The van der Waals surface area contributed by atoms with Gasteiger partial charge in [0, 0.05) is 39.3 Å². The van der Waals surface area contributed by atoms with Gasteiger partial charge in [-0.3, -0.25) is 0 Å². The number of aliphatic carboxylic acids is 1. The van der Waals surface area contributed by atoms with Gasteiger partial charge in [0.25, 0.3) is 5.22 Å². The number of thioether (sulfide) groups is 1. The van der Waals surface area contributed by atoms with Crippen LogP contribution in [0.3, 0.4) is 0 Å². The molecule has 180 valence electrons. The normalized spacial score (nSPS) is 11.8. The zero-order valence-electron chi connectivity index (χ0n) is 19.0. The topological polar surface area (TPSA) is 81.2 Å². The lowest BCUT2D eigenvalue weighted by Crippen LogP contribution is -2.02. The molecule has 0 unspecified atom stereocenters. The standard InChI is InChI=1S/C27H19ClFN3O3S/c1-16-22(21-4-2-3-5-23(21)32(16)15-17-6-12-20(29)13-7-17)14-24(26(33)34)36-27-31-30-25(35-27)18-8-10-19(28)11-9-18/h2-14H,15H2,1H3,(H,33,34)/b24-14-. The van der Waals surface area contributed by atoms with E-state index in [4.69, 9.17) is 16.0 Å². The predicted octanol–water partition coefficient (Wildman–Crippen LogP) is 7.06. The summed E-state index contributed by atoms with van der Waals surface area (Å²) in [5, 5.41) is 19.6. The van der Waals surface area contributed by atoms with E-state index in [9.17, 15) is 14.3 Å². The highest BCUT2D eigenvalue weighted by atomic mass is 35.5. The van der Waals surface area contributed by atoms with Crippen LogP contribution in [0.2, 0.25) is 5.02 Å². The van der Waals surface area contributed by atoms with Gasteiger partial charge in [0.15, 0.2) is 0 Å². The van der Waals surface area contributed by atoms with Crippen molar-refractivity contribution in [2.24, 2.45) is 0 Å². The molecule has 0 aliphatic carbocycles. The van der Waals surface area contributed by atoms with Gasteiger partial charge in [0.2, 0.25) is 5.89 Å². The number of nitrogens with zero attached hydrogens (tertiary/aromatic N) is 3. The Kier molecular flexibility index (Phi) is 6.63. The highest BCUT2D eigenvalue weighted by molar-refractivity contribution is 8.03. The molecule has 0 radical (unpaired) electrons. The maximum Gasteiger partial charge on any atom is 0.342 e. The molecule has 9 heteroatoms. The summed E-state index contributed by atoms with van der Waals surface area (Å²) in [6, 6.07) is 21.0. The van der Waals surface area contributed by atoms with Crippen LogP contribution in [0.1, 0.15) is 16.8 Å². The Hall–Kier alpha value is -3.88. The summed E-state index contributed by atoms with van der Waals surface area (Å²) in [6.45, 7) is 2.45. The summed E-state index contributed by atoms with van der Waals surface area (Å²) in [4.78, 5) is 12.2. The van der Waals surface area contributed by atoms with Gasteiger partial charge < -0.3 is 14.1 Å². The summed E-state index contributed by atoms with van der Waals surface area (Å²) in [7, 11) is 0. The van der Waals surface area contributed by atoms with E-state index >= 15 is 0 Å². The van der Waals surface area contributed by atoms with Crippen molar-refractivity contribution in [1.82, 2.24) is 14.8 Å². The van der Waals surface area contributed by atoms with E-state index in [1.54, 1.807) is 42.5 Å². The Morgan fingerprint density at radius 2 is 1.81 bits per heavy atom. The second kappa shape index (κ2) is 10.0. The third kappa shape index (κ3) is 4.91. The number of hydrogen-bond acceptors (Lipinski definition) is 5. The summed E-state index contributed by atoms with van der Waals surface area (Å²) in [5.74, 6) is -1.13. The molecule has 0 aliphatic rings. The van der Waals surface area contributed by atoms with Gasteiger partial charge in [-0.15, -0.1) is 10.2 Å². The van der Waals surface area contributed by atoms with Gasteiger partial charge in [-0.05, 0) is 72.8 Å². The Labute approximate surface area is 215 Å². The molecule has 0 aliphatic heterocycles. The molecule has 0 fully saturated rings. The second-order valence-corrected chi connectivity index (χ2v) is 9.45. The van der Waals surface area contributed by atoms with Crippen LogP contribution in [0.4, 0.5) is 4.39 Å². The van der Waals surface area contributed by atoms with Crippen molar-refractivity contribution in [2.45, 2.75) is 18.7 Å². The van der Waals surface area contributed by atoms with Crippen molar-refractivity contribution in [2.75, 3.05) is 0 Å². The van der Waals surface area contributed by atoms with E-state index in [0.29, 0.717) is 17.1 Å². The number of carbonyl (C=O) groups is 1. The van der Waals surface area contributed by atoms with E-state index in [1.807, 2.05) is 31.2 Å². The molecule has 3 aromatic carbocycles. The number of fused-ring (bicyclic) bond motifs is 1. The van der Waals surface area contributed by atoms with Crippen molar-refractivity contribution in [1.29, 1.82) is 0 Å². The lowest BCUT2D eigenvalue weighted by molar-refractivity contribution is -0.131. The van der Waals surface area contributed by atoms with Crippen LogP contribution in [0.5, 0.6) is 0 Å². The molecular weight excluding hydrogens is 501 g/mol. The first-order valence-electron chi connectivity index (χ1n) is 10.9. The minimum atomic E-state index is -1.11. The third-order valence-electron chi connectivity index (χ3n) is 5.71. The zero-order valence-corrected chi connectivity index (χ0v) is 20.6. The Morgan fingerprint density at radius 1 is 1.08 bits per heavy atom. The average Bonchev–Trinajstić information content (AvgIpc) is 3.44. The highest BCUT2D eigenvalue weighted by Crippen LogP contribution is 2.34. The van der Waals surface area contributed by atoms with Gasteiger partial charge in [0.1, 0.15) is 10.7 Å². The van der Waals surface area contributed by atoms with Crippen LogP contribution in [0.25, 0.3) is 28.4 Å². The highest BCUT2D eigenvalue weighted by Gasteiger charge is 2.19. The van der Waals surface area contributed by atoms with Gasteiger partial charge in [-0.2, -0.15) is 0 Å². The fourth-order valence-corrected chi connectivity index (χ4v) is 4.72. The van der Waals surface area contributed by atoms with Crippen LogP contribution >= 0.6 is 23.4 Å². The van der Waals surface area contributed by atoms with E-state index in [2.05, 4.69) is 14.8 Å². The Bertz CT molecular complexity index is 1590. The number of hydrogen-bond donors (Lipinski definition) is 1. The van der Waals surface area contributed by atoms with Crippen molar-refractivity contribution >= 4 is 46.3 Å². The van der Waals surface area contributed by atoms with Crippen molar-refractivity contribution < 1.29 is 18.7 Å². The fourth-order valence-electron chi connectivity index (χ4n) is 3.94. The number of aromatic nitrogens is 3. The first-order valence-corrected chi connectivity index (χ1v) is 12.1. The van der Waals surface area contributed by atoms with Crippen LogP contribution in [-0.2, 0) is 11.3 Å². The van der Waals surface area contributed by atoms with Crippen molar-refractivity contribution in [3.63, 3.8) is 0 Å². The smallest absolute Gasteiger partial charge is 0.342 e. The van der Waals surface area contributed by atoms with Crippen molar-refractivity contribution in [3.05, 3.63) is 105 Å². The van der Waals surface area contributed by atoms with Crippen LogP contribution in [-0.4, -0.2) is 25.8 Å². The van der Waals surface area contributed by atoms with E-state index in [0.717, 1.165) is 39.5 Å². The van der Waals surface area contributed by atoms with Gasteiger partial charge in [0.05, 0.1) is 0 Å². The molecule has 2 aromatic heterocycles. The molecule has 36 heavy (non-hydrogen) atoms. The van der Waals surface area contributed by atoms with Crippen LogP contribution in [0.15, 0.2) is 87.3 Å². The summed E-state index contributed by atoms with van der Waals surface area (Å²) in [5.41, 5.74) is 4.22. The molecule has 0 spiro atoms. The number of carboxylic acid groups (broad SMARTS) is 1. The summed E-state index contributed by atoms with van der Waals surface area (Å²) < 4.78 is 21.2. The lowest BCUT2D eigenvalue weighted by Gasteiger charge is -2.09. The number of para-hydroxylation sites is 1. The fraction of sp³-hybridized carbons (Fsp3) is 0.0741. The Morgan fingerprint density at radius 3 is 2.53 bits per heavy atom. The van der Waals surface area contributed by atoms with E-state index < -0.39 is 5.97 Å². The number of rotatable bonds is 7. The zero-order chi connectivity index (χ0) is 25.2. The second-order valence-electron chi connectivity index (χ2n) is 8.02. The molecule has 0 atom stereocenters. The van der Waals surface area contributed by atoms with Crippen molar-refractivity contribution in [3.8, 4) is 11.5 Å². The Balaban J connectivity index is 1.50. The summed E-state index contributed by atoms with van der Waals surface area (Å²) >= 11 is 6.82. The average molecular weight is 520 g/mol. The number of halogens is 2. The molecule has 0 amide bonds. The molecule has 0 saturated carbocycles. The largest absolute Gasteiger partial charge is 0.477 e. The van der Waals surface area contributed by atoms with E-state index in [1.165, 1.54) is 12.1 Å². The minimum Gasteiger partial charge on any atom is -0.477 e. The van der Waals surface area contributed by atoms with Gasteiger partial charge in [-0.1, -0.05) is 41.9 Å². The molecule has 0 saturated heterocycles. The van der Waals surface area contributed by atoms with E-state index in [-0.39, 0.29) is 21.8 Å². The molecule has 1 N–H and O–H groups in total. The maximum absolute atomic E-state index is 13.4. The van der Waals surface area contributed by atoms with Crippen LogP contribution in [0, 0.1) is 12.7 Å². The molecule has 0 bridgehead atoms. The first-order chi connectivity index (χ1) is 17.4.